The van der Waals surface area contributed by atoms with Gasteiger partial charge in [-0.15, -0.1) is 0 Å². The fourth-order valence-electron chi connectivity index (χ4n) is 3.17. The van der Waals surface area contributed by atoms with E-state index in [0.717, 1.165) is 11.8 Å². The van der Waals surface area contributed by atoms with Crippen LogP contribution in [0.3, 0.4) is 0 Å². The van der Waals surface area contributed by atoms with Crippen LogP contribution < -0.4 is 0 Å². The van der Waals surface area contributed by atoms with Gasteiger partial charge in [0.1, 0.15) is 0 Å². The lowest BCUT2D eigenvalue weighted by molar-refractivity contribution is 0.436. The molecule has 25 heavy (non-hydrogen) atoms. The second kappa shape index (κ2) is 19.5. The van der Waals surface area contributed by atoms with Gasteiger partial charge in [-0.2, -0.15) is 0 Å². The normalized spacial score (nSPS) is 14.0. The standard InChI is InChI=1S/C14H28.C11H20/c1-5-8-11-13(4)12-14(9-6-2)10-7-3;1-5-7-9-11(4)10(3)8-6-2/h11,14H,5-10,12H2,1-4H3;5,7,9-10H,6,8H2,1-4H3/b13-11+;7-5-,11-9+. The largest absolute Gasteiger partial charge is 0.0877 e. The minimum absolute atomic E-state index is 0.746. The zero-order valence-electron chi connectivity index (χ0n) is 18.8. The Balaban J connectivity index is 0. The van der Waals surface area contributed by atoms with Gasteiger partial charge in [0.15, 0.2) is 0 Å². The Labute approximate surface area is 160 Å². The van der Waals surface area contributed by atoms with E-state index >= 15 is 0 Å². The average Bonchev–Trinajstić information content (AvgIpc) is 2.59. The van der Waals surface area contributed by atoms with Crippen molar-refractivity contribution in [2.24, 2.45) is 11.8 Å². The first-order valence-corrected chi connectivity index (χ1v) is 10.9. The predicted octanol–water partition coefficient (Wildman–Crippen LogP) is 9.28. The summed E-state index contributed by atoms with van der Waals surface area (Å²) in [5, 5.41) is 0. The van der Waals surface area contributed by atoms with E-state index < -0.39 is 0 Å². The van der Waals surface area contributed by atoms with Crippen molar-refractivity contribution in [3.63, 3.8) is 0 Å². The second-order valence-electron chi connectivity index (χ2n) is 7.61. The van der Waals surface area contributed by atoms with Crippen molar-refractivity contribution in [1.29, 1.82) is 0 Å². The molecule has 0 N–H and O–H groups in total. The molecule has 0 saturated carbocycles. The second-order valence-corrected chi connectivity index (χ2v) is 7.61. The molecule has 0 nitrogen and oxygen atoms in total. The molecule has 0 aliphatic carbocycles. The summed E-state index contributed by atoms with van der Waals surface area (Å²) in [7, 11) is 0. The zero-order chi connectivity index (χ0) is 19.5. The van der Waals surface area contributed by atoms with Crippen molar-refractivity contribution in [2.75, 3.05) is 0 Å². The molecule has 0 aromatic carbocycles. The van der Waals surface area contributed by atoms with Gasteiger partial charge in [0.2, 0.25) is 0 Å². The fourth-order valence-corrected chi connectivity index (χ4v) is 3.17. The molecule has 0 rings (SSSR count). The van der Waals surface area contributed by atoms with Crippen LogP contribution in [0.4, 0.5) is 0 Å². The van der Waals surface area contributed by atoms with Crippen LogP contribution in [0, 0.1) is 11.8 Å². The first-order valence-electron chi connectivity index (χ1n) is 10.9. The predicted molar refractivity (Wildman–Crippen MR) is 119 cm³/mol. The van der Waals surface area contributed by atoms with E-state index in [-0.39, 0.29) is 0 Å². The molecule has 0 heteroatoms. The van der Waals surface area contributed by atoms with Crippen LogP contribution in [0.25, 0.3) is 0 Å². The summed E-state index contributed by atoms with van der Waals surface area (Å²) in [4.78, 5) is 0. The molecule has 1 atom stereocenters. The fraction of sp³-hybridized carbons (Fsp3) is 0.760. The SMILES string of the molecule is C/C=C\C=C(/C)C(C)CCC.CCC/C=C(\C)CC(CCC)CCC. The number of hydrogen-bond donors (Lipinski definition) is 0. The van der Waals surface area contributed by atoms with Crippen molar-refractivity contribution >= 4 is 0 Å². The molecule has 0 aromatic rings. The van der Waals surface area contributed by atoms with Crippen LogP contribution in [-0.4, -0.2) is 0 Å². The van der Waals surface area contributed by atoms with Crippen molar-refractivity contribution in [3.05, 3.63) is 35.5 Å². The molecular formula is C25H48. The summed E-state index contributed by atoms with van der Waals surface area (Å²) < 4.78 is 0. The van der Waals surface area contributed by atoms with Crippen molar-refractivity contribution in [3.8, 4) is 0 Å². The van der Waals surface area contributed by atoms with Crippen molar-refractivity contribution in [1.82, 2.24) is 0 Å². The molecule has 1 unspecified atom stereocenters. The monoisotopic (exact) mass is 348 g/mol. The van der Waals surface area contributed by atoms with Gasteiger partial charge in [-0.3, -0.25) is 0 Å². The van der Waals surface area contributed by atoms with E-state index in [2.05, 4.69) is 72.8 Å². The molecule has 0 aliphatic heterocycles. The van der Waals surface area contributed by atoms with E-state index in [4.69, 9.17) is 0 Å². The molecule has 0 spiro atoms. The summed E-state index contributed by atoms with van der Waals surface area (Å²) in [5.74, 6) is 1.69. The highest BCUT2D eigenvalue weighted by molar-refractivity contribution is 5.11. The smallest absolute Gasteiger partial charge is 0.0231 e. The van der Waals surface area contributed by atoms with Gasteiger partial charge in [0, 0.05) is 0 Å². The summed E-state index contributed by atoms with van der Waals surface area (Å²) >= 11 is 0. The number of allylic oxidation sites excluding steroid dienone is 6. The van der Waals surface area contributed by atoms with Gasteiger partial charge in [-0.25, -0.2) is 0 Å². The summed E-state index contributed by atoms with van der Waals surface area (Å²) in [6.45, 7) is 17.9. The Morgan fingerprint density at radius 2 is 1.40 bits per heavy atom. The van der Waals surface area contributed by atoms with Crippen molar-refractivity contribution in [2.45, 2.75) is 113 Å². The minimum Gasteiger partial charge on any atom is -0.0877 e. The Hall–Kier alpha value is -0.780. The first kappa shape index (κ1) is 26.4. The lowest BCUT2D eigenvalue weighted by Gasteiger charge is -2.15. The molecule has 0 amide bonds. The van der Waals surface area contributed by atoms with Gasteiger partial charge < -0.3 is 0 Å². The van der Waals surface area contributed by atoms with E-state index in [1.807, 2.05) is 6.92 Å². The quantitative estimate of drug-likeness (QED) is 0.243. The maximum Gasteiger partial charge on any atom is -0.0231 e. The third kappa shape index (κ3) is 17.8. The lowest BCUT2D eigenvalue weighted by Crippen LogP contribution is -2.00. The number of rotatable bonds is 12. The third-order valence-corrected chi connectivity index (χ3v) is 4.84. The van der Waals surface area contributed by atoms with E-state index in [9.17, 15) is 0 Å². The molecule has 0 aromatic heterocycles. The van der Waals surface area contributed by atoms with Gasteiger partial charge in [-0.1, -0.05) is 109 Å². The van der Waals surface area contributed by atoms with Crippen LogP contribution in [0.5, 0.6) is 0 Å². The van der Waals surface area contributed by atoms with Crippen LogP contribution in [0.1, 0.15) is 113 Å². The van der Waals surface area contributed by atoms with Crippen LogP contribution in [0.2, 0.25) is 0 Å². The number of hydrogen-bond acceptors (Lipinski definition) is 0. The van der Waals surface area contributed by atoms with Gasteiger partial charge in [0.05, 0.1) is 0 Å². The lowest BCUT2D eigenvalue weighted by atomic mass is 9.91. The number of unbranched alkanes of at least 4 members (excludes halogenated alkanes) is 1. The maximum absolute atomic E-state index is 2.43. The topological polar surface area (TPSA) is 0 Å². The highest BCUT2D eigenvalue weighted by Gasteiger charge is 2.06. The molecule has 0 aliphatic rings. The van der Waals surface area contributed by atoms with Crippen LogP contribution >= 0.6 is 0 Å². The Morgan fingerprint density at radius 3 is 1.84 bits per heavy atom. The molecule has 0 fully saturated rings. The summed E-state index contributed by atoms with van der Waals surface area (Å²) in [6, 6.07) is 0. The minimum atomic E-state index is 0.746. The van der Waals surface area contributed by atoms with Crippen molar-refractivity contribution < 1.29 is 0 Å². The Morgan fingerprint density at radius 1 is 0.840 bits per heavy atom. The summed E-state index contributed by atoms with van der Waals surface area (Å²) in [6.07, 6.45) is 20.8. The molecule has 148 valence electrons. The van der Waals surface area contributed by atoms with E-state index in [0.29, 0.717) is 0 Å². The molecule has 0 saturated heterocycles. The Kier molecular flexibility index (Phi) is 20.7. The average molecular weight is 349 g/mol. The maximum atomic E-state index is 2.43. The molecule has 0 heterocycles. The molecular weight excluding hydrogens is 300 g/mol. The van der Waals surface area contributed by atoms with E-state index in [1.54, 1.807) is 5.57 Å². The summed E-state index contributed by atoms with van der Waals surface area (Å²) in [5.41, 5.74) is 3.10. The van der Waals surface area contributed by atoms with Gasteiger partial charge in [0.25, 0.3) is 0 Å². The highest BCUT2D eigenvalue weighted by Crippen LogP contribution is 2.22. The molecule has 0 bridgehead atoms. The molecule has 0 radical (unpaired) electrons. The van der Waals surface area contributed by atoms with Gasteiger partial charge in [-0.05, 0) is 51.9 Å². The third-order valence-electron chi connectivity index (χ3n) is 4.84. The zero-order valence-corrected chi connectivity index (χ0v) is 18.8. The van der Waals surface area contributed by atoms with Gasteiger partial charge >= 0.3 is 0 Å². The Bertz CT molecular complexity index is 350. The van der Waals surface area contributed by atoms with Crippen LogP contribution in [0.15, 0.2) is 35.5 Å². The van der Waals surface area contributed by atoms with E-state index in [1.165, 1.54) is 63.4 Å². The highest BCUT2D eigenvalue weighted by atomic mass is 14.1. The first-order chi connectivity index (χ1) is 12.0. The van der Waals surface area contributed by atoms with Crippen LogP contribution in [-0.2, 0) is 0 Å².